The molecule has 2 atom stereocenters. The lowest BCUT2D eigenvalue weighted by atomic mass is 9.96. The summed E-state index contributed by atoms with van der Waals surface area (Å²) in [4.78, 5) is 2.37. The molecular formula is C14H13BrFNOS. The Morgan fingerprint density at radius 3 is 2.89 bits per heavy atom. The van der Waals surface area contributed by atoms with Crippen LogP contribution in [0.25, 0.3) is 0 Å². The van der Waals surface area contributed by atoms with E-state index in [0.29, 0.717) is 12.2 Å². The monoisotopic (exact) mass is 341 g/mol. The number of nitrogens with two attached hydrogens (primary N) is 1. The van der Waals surface area contributed by atoms with Crippen LogP contribution >= 0.6 is 27.3 Å². The molecular weight excluding hydrogens is 329 g/mol. The molecule has 2 nitrogen and oxygen atoms in total. The van der Waals surface area contributed by atoms with Gasteiger partial charge >= 0.3 is 0 Å². The lowest BCUT2D eigenvalue weighted by Gasteiger charge is -2.29. The minimum atomic E-state index is -0.272. The van der Waals surface area contributed by atoms with Gasteiger partial charge < -0.3 is 10.5 Å². The van der Waals surface area contributed by atoms with Gasteiger partial charge in [0.2, 0.25) is 0 Å². The van der Waals surface area contributed by atoms with E-state index in [2.05, 4.69) is 28.9 Å². The Labute approximate surface area is 123 Å². The van der Waals surface area contributed by atoms with Gasteiger partial charge in [0.25, 0.3) is 0 Å². The number of thiophene rings is 1. The second kappa shape index (κ2) is 4.89. The molecule has 3 rings (SSSR count). The Bertz CT molecular complexity index is 608. The second-order valence-corrected chi connectivity index (χ2v) is 6.83. The Morgan fingerprint density at radius 1 is 1.42 bits per heavy atom. The van der Waals surface area contributed by atoms with Crippen molar-refractivity contribution < 1.29 is 9.13 Å². The smallest absolute Gasteiger partial charge is 0.135 e. The fraction of sp³-hybridized carbons (Fsp3) is 0.286. The van der Waals surface area contributed by atoms with Gasteiger partial charge in [0, 0.05) is 32.3 Å². The molecule has 0 aliphatic carbocycles. The molecule has 0 saturated carbocycles. The van der Waals surface area contributed by atoms with Crippen molar-refractivity contribution >= 4 is 27.3 Å². The molecule has 0 bridgehead atoms. The fourth-order valence-corrected chi connectivity index (χ4v) is 3.89. The van der Waals surface area contributed by atoms with Crippen LogP contribution in [0.2, 0.25) is 0 Å². The molecule has 0 fully saturated rings. The van der Waals surface area contributed by atoms with E-state index in [-0.39, 0.29) is 18.0 Å². The first-order valence-corrected chi connectivity index (χ1v) is 7.63. The zero-order valence-electron chi connectivity index (χ0n) is 10.3. The number of rotatable bonds is 1. The molecule has 1 unspecified atom stereocenters. The van der Waals surface area contributed by atoms with Crippen LogP contribution in [0.3, 0.4) is 0 Å². The molecule has 100 valence electrons. The summed E-state index contributed by atoms with van der Waals surface area (Å²) in [6.07, 6.45) is 0.617. The third-order valence-electron chi connectivity index (χ3n) is 3.30. The summed E-state index contributed by atoms with van der Waals surface area (Å²) in [5.41, 5.74) is 6.89. The van der Waals surface area contributed by atoms with Crippen molar-refractivity contribution in [2.75, 3.05) is 0 Å². The van der Waals surface area contributed by atoms with Crippen LogP contribution in [0.5, 0.6) is 5.75 Å². The van der Waals surface area contributed by atoms with Gasteiger partial charge in [0.15, 0.2) is 0 Å². The number of halogens is 2. The highest BCUT2D eigenvalue weighted by atomic mass is 79.9. The molecule has 2 heterocycles. The number of aryl methyl sites for hydroxylation is 1. The van der Waals surface area contributed by atoms with Crippen LogP contribution in [0.15, 0.2) is 28.7 Å². The van der Waals surface area contributed by atoms with E-state index in [9.17, 15) is 4.39 Å². The van der Waals surface area contributed by atoms with Crippen molar-refractivity contribution in [3.05, 3.63) is 49.9 Å². The first-order chi connectivity index (χ1) is 9.04. The normalized spacial score (nSPS) is 21.9. The number of hydrogen-bond donors (Lipinski definition) is 1. The lowest BCUT2D eigenvalue weighted by molar-refractivity contribution is 0.164. The maximum Gasteiger partial charge on any atom is 0.135 e. The summed E-state index contributed by atoms with van der Waals surface area (Å²) in [6, 6.07) is 6.42. The van der Waals surface area contributed by atoms with Gasteiger partial charge in [0.1, 0.15) is 17.7 Å². The van der Waals surface area contributed by atoms with Crippen LogP contribution in [-0.4, -0.2) is 0 Å². The predicted octanol–water partition coefficient (Wildman–Crippen LogP) is 4.48. The molecule has 2 N–H and O–H groups in total. The van der Waals surface area contributed by atoms with Gasteiger partial charge in [-0.1, -0.05) is 0 Å². The van der Waals surface area contributed by atoms with E-state index in [4.69, 9.17) is 10.5 Å². The first-order valence-electron chi connectivity index (χ1n) is 6.02. The van der Waals surface area contributed by atoms with Gasteiger partial charge in [-0.3, -0.25) is 0 Å². The molecule has 2 aromatic rings. The second-order valence-electron chi connectivity index (χ2n) is 4.68. The third kappa shape index (κ3) is 2.42. The molecule has 0 saturated heterocycles. The molecule has 0 amide bonds. The minimum absolute atomic E-state index is 0.0528. The Kier molecular flexibility index (Phi) is 3.37. The molecule has 1 aliphatic rings. The number of benzene rings is 1. The molecule has 0 radical (unpaired) electrons. The fourth-order valence-electron chi connectivity index (χ4n) is 2.29. The lowest BCUT2D eigenvalue weighted by Crippen LogP contribution is -2.23. The highest BCUT2D eigenvalue weighted by Gasteiger charge is 2.28. The van der Waals surface area contributed by atoms with Crippen molar-refractivity contribution in [2.24, 2.45) is 5.73 Å². The van der Waals surface area contributed by atoms with E-state index in [1.54, 1.807) is 17.4 Å². The number of hydrogen-bond acceptors (Lipinski definition) is 3. The Hall–Kier alpha value is -0.910. The minimum Gasteiger partial charge on any atom is -0.484 e. The quantitative estimate of drug-likeness (QED) is 0.829. The summed E-state index contributed by atoms with van der Waals surface area (Å²) in [7, 11) is 0. The van der Waals surface area contributed by atoms with Gasteiger partial charge in [-0.05, 0) is 47.1 Å². The zero-order valence-corrected chi connectivity index (χ0v) is 12.7. The summed E-state index contributed by atoms with van der Waals surface area (Å²) < 4.78 is 20.3. The molecule has 19 heavy (non-hydrogen) atoms. The SMILES string of the molecule is Cc1sc(C2C[C@H](N)c3cc(F)ccc3O2)cc1Br. The average Bonchev–Trinajstić information content (AvgIpc) is 2.70. The standard InChI is InChI=1S/C14H13BrFNOS/c1-7-10(15)5-14(19-7)13-6-11(17)9-4-8(16)2-3-12(9)18-13/h2-5,11,13H,6,17H2,1H3/t11-,13?/m0/s1. The van der Waals surface area contributed by atoms with Crippen LogP contribution < -0.4 is 10.5 Å². The molecule has 0 spiro atoms. The van der Waals surface area contributed by atoms with Gasteiger partial charge in [-0.2, -0.15) is 0 Å². The number of fused-ring (bicyclic) bond motifs is 1. The number of ether oxygens (including phenoxy) is 1. The summed E-state index contributed by atoms with van der Waals surface area (Å²) in [5, 5.41) is 0. The molecule has 1 aliphatic heterocycles. The molecule has 1 aromatic carbocycles. The Balaban J connectivity index is 1.94. The Morgan fingerprint density at radius 2 is 2.21 bits per heavy atom. The zero-order chi connectivity index (χ0) is 13.6. The first kappa shape index (κ1) is 13.1. The largest absolute Gasteiger partial charge is 0.484 e. The summed E-state index contributed by atoms with van der Waals surface area (Å²) in [5.74, 6) is 0.415. The van der Waals surface area contributed by atoms with Crippen molar-refractivity contribution in [3.8, 4) is 5.75 Å². The van der Waals surface area contributed by atoms with Crippen LogP contribution in [-0.2, 0) is 0 Å². The highest BCUT2D eigenvalue weighted by molar-refractivity contribution is 9.10. The maximum atomic E-state index is 13.2. The van der Waals surface area contributed by atoms with Crippen molar-refractivity contribution in [1.29, 1.82) is 0 Å². The van der Waals surface area contributed by atoms with Crippen LogP contribution in [0.1, 0.15) is 33.9 Å². The van der Waals surface area contributed by atoms with E-state index in [0.717, 1.165) is 14.9 Å². The maximum absolute atomic E-state index is 13.2. The molecule has 5 heteroatoms. The summed E-state index contributed by atoms with van der Waals surface area (Å²) in [6.45, 7) is 2.06. The van der Waals surface area contributed by atoms with E-state index in [1.165, 1.54) is 17.0 Å². The third-order valence-corrected chi connectivity index (χ3v) is 5.53. The van der Waals surface area contributed by atoms with Gasteiger partial charge in [-0.25, -0.2) is 4.39 Å². The van der Waals surface area contributed by atoms with Crippen LogP contribution in [0, 0.1) is 12.7 Å². The van der Waals surface area contributed by atoms with E-state index >= 15 is 0 Å². The van der Waals surface area contributed by atoms with Gasteiger partial charge in [0.05, 0.1) is 0 Å². The van der Waals surface area contributed by atoms with Crippen molar-refractivity contribution in [2.45, 2.75) is 25.5 Å². The topological polar surface area (TPSA) is 35.2 Å². The highest BCUT2D eigenvalue weighted by Crippen LogP contribution is 2.42. The van der Waals surface area contributed by atoms with Crippen molar-refractivity contribution in [1.82, 2.24) is 0 Å². The van der Waals surface area contributed by atoms with Crippen molar-refractivity contribution in [3.63, 3.8) is 0 Å². The van der Waals surface area contributed by atoms with Crippen LogP contribution in [0.4, 0.5) is 4.39 Å². The van der Waals surface area contributed by atoms with E-state index in [1.807, 2.05) is 0 Å². The average molecular weight is 342 g/mol. The van der Waals surface area contributed by atoms with E-state index < -0.39 is 0 Å². The van der Waals surface area contributed by atoms with Gasteiger partial charge in [-0.15, -0.1) is 11.3 Å². The predicted molar refractivity (Wildman–Crippen MR) is 78.1 cm³/mol. The molecule has 1 aromatic heterocycles. The summed E-state index contributed by atoms with van der Waals surface area (Å²) >= 11 is 5.21.